The predicted octanol–water partition coefficient (Wildman–Crippen LogP) is 2.59. The van der Waals surface area contributed by atoms with Gasteiger partial charge in [0.15, 0.2) is 0 Å². The van der Waals surface area contributed by atoms with Gasteiger partial charge >= 0.3 is 12.1 Å². The number of nitrogens with zero attached hydrogens (tertiary/aromatic N) is 1. The van der Waals surface area contributed by atoms with Crippen LogP contribution in [0.2, 0.25) is 0 Å². The molecule has 126 valence electrons. The molecule has 0 spiro atoms. The lowest BCUT2D eigenvalue weighted by molar-refractivity contribution is -0.132. The highest BCUT2D eigenvalue weighted by Gasteiger charge is 2.31. The van der Waals surface area contributed by atoms with Crippen LogP contribution in [0.3, 0.4) is 0 Å². The Morgan fingerprint density at radius 3 is 2.87 bits per heavy atom. The molecule has 1 saturated carbocycles. The number of hydrogen-bond acceptors (Lipinski definition) is 6. The van der Waals surface area contributed by atoms with Crippen molar-refractivity contribution < 1.29 is 23.9 Å². The van der Waals surface area contributed by atoms with Crippen LogP contribution in [0.5, 0.6) is 0 Å². The zero-order chi connectivity index (χ0) is 17.1. The summed E-state index contributed by atoms with van der Waals surface area (Å²) in [5.74, 6) is -0.636. The molecule has 0 heterocycles. The maximum atomic E-state index is 11.5. The van der Waals surface area contributed by atoms with Crippen molar-refractivity contribution in [2.24, 2.45) is 10.4 Å². The minimum absolute atomic E-state index is 0.0284. The van der Waals surface area contributed by atoms with Crippen molar-refractivity contribution in [1.29, 1.82) is 0 Å². The molecular weight excluding hydrogens is 300 g/mol. The van der Waals surface area contributed by atoms with Crippen LogP contribution in [0.1, 0.15) is 39.0 Å². The molecule has 7 nitrogen and oxygen atoms in total. The van der Waals surface area contributed by atoms with Gasteiger partial charge in [-0.2, -0.15) is 0 Å². The summed E-state index contributed by atoms with van der Waals surface area (Å²) in [6.45, 7) is 5.80. The largest absolute Gasteiger partial charge is 0.428 e. The minimum Gasteiger partial charge on any atom is -0.428 e. The summed E-state index contributed by atoms with van der Waals surface area (Å²) < 4.78 is 9.21. The second kappa shape index (κ2) is 9.58. The van der Waals surface area contributed by atoms with E-state index in [0.717, 1.165) is 50.7 Å². The SMILES string of the molecule is C=CC(=O)OC=COC(=O)NCCC1(C)CCCC(N=C=O)C1. The Morgan fingerprint density at radius 1 is 1.43 bits per heavy atom. The number of hydrogen-bond donors (Lipinski definition) is 1. The quantitative estimate of drug-likeness (QED) is 0.256. The van der Waals surface area contributed by atoms with E-state index in [0.29, 0.717) is 6.54 Å². The monoisotopic (exact) mass is 322 g/mol. The first kappa shape index (κ1) is 18.6. The summed E-state index contributed by atoms with van der Waals surface area (Å²) in [4.78, 5) is 36.4. The summed E-state index contributed by atoms with van der Waals surface area (Å²) in [5.41, 5.74) is 0.0336. The molecule has 0 aromatic rings. The van der Waals surface area contributed by atoms with Gasteiger partial charge in [-0.05, 0) is 31.1 Å². The maximum Gasteiger partial charge on any atom is 0.412 e. The summed E-state index contributed by atoms with van der Waals surface area (Å²) >= 11 is 0. The average molecular weight is 322 g/mol. The third-order valence-electron chi connectivity index (χ3n) is 3.86. The molecule has 0 radical (unpaired) electrons. The number of nitrogens with one attached hydrogen (secondary N) is 1. The topological polar surface area (TPSA) is 94.1 Å². The fourth-order valence-corrected chi connectivity index (χ4v) is 2.69. The molecule has 0 aliphatic heterocycles. The Labute approximate surface area is 135 Å². The van der Waals surface area contributed by atoms with Gasteiger partial charge in [-0.15, -0.1) is 0 Å². The van der Waals surface area contributed by atoms with Gasteiger partial charge in [0.2, 0.25) is 6.08 Å². The van der Waals surface area contributed by atoms with Gasteiger partial charge < -0.3 is 14.8 Å². The van der Waals surface area contributed by atoms with Crippen molar-refractivity contribution in [2.75, 3.05) is 6.54 Å². The van der Waals surface area contributed by atoms with Crippen molar-refractivity contribution in [3.8, 4) is 0 Å². The molecule has 23 heavy (non-hydrogen) atoms. The lowest BCUT2D eigenvalue weighted by atomic mass is 9.71. The molecule has 0 aromatic heterocycles. The Bertz CT molecular complexity index is 511. The van der Waals surface area contributed by atoms with Gasteiger partial charge in [0.05, 0.1) is 6.04 Å². The third kappa shape index (κ3) is 7.42. The van der Waals surface area contributed by atoms with E-state index in [4.69, 9.17) is 4.74 Å². The molecule has 2 unspecified atom stereocenters. The number of ether oxygens (including phenoxy) is 2. The summed E-state index contributed by atoms with van der Waals surface area (Å²) in [7, 11) is 0. The lowest BCUT2D eigenvalue weighted by Crippen LogP contribution is -2.33. The van der Waals surface area contributed by atoms with E-state index >= 15 is 0 Å². The van der Waals surface area contributed by atoms with Crippen LogP contribution in [0.25, 0.3) is 0 Å². The number of rotatable bonds is 7. The van der Waals surface area contributed by atoms with E-state index in [-0.39, 0.29) is 11.5 Å². The zero-order valence-electron chi connectivity index (χ0n) is 13.2. The van der Waals surface area contributed by atoms with Crippen LogP contribution in [0, 0.1) is 5.41 Å². The summed E-state index contributed by atoms with van der Waals surface area (Å²) in [6.07, 6.45) is 8.48. The number of alkyl carbamates (subject to hydrolysis) is 1. The molecule has 2 atom stereocenters. The highest BCUT2D eigenvalue weighted by Crippen LogP contribution is 2.39. The van der Waals surface area contributed by atoms with Gasteiger partial charge in [0, 0.05) is 12.6 Å². The van der Waals surface area contributed by atoms with Crippen molar-refractivity contribution in [3.05, 3.63) is 25.2 Å². The average Bonchev–Trinajstić information content (AvgIpc) is 2.51. The first-order chi connectivity index (χ1) is 11.0. The highest BCUT2D eigenvalue weighted by molar-refractivity contribution is 5.81. The Hall–Kier alpha value is -2.40. The Kier molecular flexibility index (Phi) is 7.77. The number of carbonyl (C=O) groups excluding carboxylic acids is 3. The third-order valence-corrected chi connectivity index (χ3v) is 3.86. The Balaban J connectivity index is 2.27. The molecule has 1 aliphatic carbocycles. The minimum atomic E-state index is -0.636. The van der Waals surface area contributed by atoms with Crippen LogP contribution in [-0.4, -0.2) is 30.7 Å². The van der Waals surface area contributed by atoms with Crippen LogP contribution >= 0.6 is 0 Å². The Morgan fingerprint density at radius 2 is 2.17 bits per heavy atom. The van der Waals surface area contributed by atoms with Crippen molar-refractivity contribution in [2.45, 2.75) is 45.1 Å². The van der Waals surface area contributed by atoms with E-state index in [9.17, 15) is 14.4 Å². The van der Waals surface area contributed by atoms with Crippen LogP contribution in [-0.2, 0) is 19.1 Å². The van der Waals surface area contributed by atoms with Crippen molar-refractivity contribution in [3.63, 3.8) is 0 Å². The van der Waals surface area contributed by atoms with Crippen LogP contribution in [0.4, 0.5) is 4.79 Å². The molecular formula is C16H22N2O5. The zero-order valence-corrected chi connectivity index (χ0v) is 13.2. The second-order valence-electron chi connectivity index (χ2n) is 5.78. The molecule has 1 rings (SSSR count). The van der Waals surface area contributed by atoms with E-state index < -0.39 is 12.1 Å². The maximum absolute atomic E-state index is 11.5. The lowest BCUT2D eigenvalue weighted by Gasteiger charge is -2.36. The van der Waals surface area contributed by atoms with Gasteiger partial charge in [-0.1, -0.05) is 19.9 Å². The van der Waals surface area contributed by atoms with Crippen molar-refractivity contribution >= 4 is 18.1 Å². The van der Waals surface area contributed by atoms with Gasteiger partial charge in [-0.3, -0.25) is 0 Å². The molecule has 0 bridgehead atoms. The molecule has 0 aromatic carbocycles. The normalized spacial score (nSPS) is 23.6. The first-order valence-electron chi connectivity index (χ1n) is 7.48. The predicted molar refractivity (Wildman–Crippen MR) is 83.0 cm³/mol. The van der Waals surface area contributed by atoms with E-state index in [1.807, 2.05) is 0 Å². The standard InChI is InChI=1S/C16H22N2O5/c1-3-14(20)22-9-10-23-15(21)17-8-7-16(2)6-4-5-13(11-16)18-12-19/h3,9-10,13H,1,4-8,11H2,2H3,(H,17,21). The molecule has 1 fully saturated rings. The van der Waals surface area contributed by atoms with Gasteiger partial charge in [-0.25, -0.2) is 19.4 Å². The highest BCUT2D eigenvalue weighted by atomic mass is 16.6. The van der Waals surface area contributed by atoms with Crippen molar-refractivity contribution in [1.82, 2.24) is 5.32 Å². The van der Waals surface area contributed by atoms with Crippen LogP contribution in [0.15, 0.2) is 30.2 Å². The fraction of sp³-hybridized carbons (Fsp3) is 0.562. The number of aliphatic imine (C=N–C) groups is 1. The fourth-order valence-electron chi connectivity index (χ4n) is 2.69. The van der Waals surface area contributed by atoms with E-state index in [1.165, 1.54) is 0 Å². The number of isocyanates is 1. The van der Waals surface area contributed by atoms with Gasteiger partial charge in [0.25, 0.3) is 0 Å². The number of esters is 1. The van der Waals surface area contributed by atoms with E-state index in [2.05, 4.69) is 28.5 Å². The first-order valence-corrected chi connectivity index (χ1v) is 7.48. The molecule has 0 saturated heterocycles. The smallest absolute Gasteiger partial charge is 0.412 e. The van der Waals surface area contributed by atoms with Gasteiger partial charge in [0.1, 0.15) is 12.5 Å². The number of amides is 1. The molecule has 7 heteroatoms. The van der Waals surface area contributed by atoms with E-state index in [1.54, 1.807) is 6.08 Å². The van der Waals surface area contributed by atoms with Crippen LogP contribution < -0.4 is 5.32 Å². The summed E-state index contributed by atoms with van der Waals surface area (Å²) in [5, 5.41) is 2.62. The molecule has 1 amide bonds. The second-order valence-corrected chi connectivity index (χ2v) is 5.78. The molecule has 1 aliphatic rings. The molecule has 1 N–H and O–H groups in total. The number of carbonyl (C=O) groups is 2. The summed E-state index contributed by atoms with van der Waals surface area (Å²) in [6, 6.07) is 0.0284.